The smallest absolute Gasteiger partial charge is 0.0645 e. The van der Waals surface area contributed by atoms with Crippen molar-refractivity contribution in [3.63, 3.8) is 0 Å². The van der Waals surface area contributed by atoms with E-state index in [9.17, 15) is 0 Å². The predicted molar refractivity (Wildman–Crippen MR) is 215 cm³/mol. The SMILES string of the molecule is [2H]c1c([2H])c([2H])c(-n2c3ccccc3c3cc(-c4ccc5c(c4)c4ccccc4n5-c4ccc(N(c5ccccc5)c5ccccc5)cc4)ccc32)c([2H])c1[2H]. The molecule has 0 amide bonds. The van der Waals surface area contributed by atoms with E-state index in [2.05, 4.69) is 137 Å². The molecule has 8 aromatic carbocycles. The van der Waals surface area contributed by atoms with Crippen molar-refractivity contribution in [2.24, 2.45) is 0 Å². The number of rotatable bonds is 6. The molecule has 0 saturated carbocycles. The van der Waals surface area contributed by atoms with Crippen molar-refractivity contribution in [3.05, 3.63) is 200 Å². The van der Waals surface area contributed by atoms with Crippen LogP contribution in [0, 0.1) is 0 Å². The summed E-state index contributed by atoms with van der Waals surface area (Å²) in [5.41, 5.74) is 10.3. The van der Waals surface area contributed by atoms with Gasteiger partial charge in [-0.2, -0.15) is 0 Å². The summed E-state index contributed by atoms with van der Waals surface area (Å²) in [4.78, 5) is 2.26. The van der Waals surface area contributed by atoms with E-state index in [1.165, 1.54) is 0 Å². The second-order valence-electron chi connectivity index (χ2n) is 12.7. The molecule has 0 N–H and O–H groups in total. The highest BCUT2D eigenvalue weighted by Crippen LogP contribution is 2.39. The van der Waals surface area contributed by atoms with Gasteiger partial charge in [0.05, 0.1) is 28.9 Å². The molecule has 0 spiro atoms. The van der Waals surface area contributed by atoms with Gasteiger partial charge in [0.1, 0.15) is 0 Å². The summed E-state index contributed by atoms with van der Waals surface area (Å²) in [5, 5.41) is 4.17. The Kier molecular flexibility index (Phi) is 5.69. The molecule has 2 aromatic heterocycles. The van der Waals surface area contributed by atoms with Crippen LogP contribution in [-0.4, -0.2) is 9.13 Å². The quantitative estimate of drug-likeness (QED) is 0.174. The Morgan fingerprint density at radius 1 is 0.353 bits per heavy atom. The molecule has 2 heterocycles. The molecule has 3 heteroatoms. The van der Waals surface area contributed by atoms with Crippen LogP contribution in [0.25, 0.3) is 66.1 Å². The monoisotopic (exact) mass is 656 g/mol. The lowest BCUT2D eigenvalue weighted by molar-refractivity contribution is 1.17. The topological polar surface area (TPSA) is 13.1 Å². The van der Waals surface area contributed by atoms with Crippen molar-refractivity contribution < 1.29 is 6.85 Å². The molecule has 0 aliphatic carbocycles. The normalized spacial score (nSPS) is 12.9. The maximum atomic E-state index is 8.75. The number of para-hydroxylation sites is 5. The molecule has 10 aromatic rings. The Bertz CT molecular complexity index is 3070. The summed E-state index contributed by atoms with van der Waals surface area (Å²) in [6.45, 7) is 0. The summed E-state index contributed by atoms with van der Waals surface area (Å²) in [6.07, 6.45) is 0. The van der Waals surface area contributed by atoms with Gasteiger partial charge in [0, 0.05) is 50.0 Å². The zero-order chi connectivity index (χ0) is 38.1. The highest BCUT2D eigenvalue weighted by molar-refractivity contribution is 6.12. The molecule has 240 valence electrons. The van der Waals surface area contributed by atoms with Gasteiger partial charge in [-0.05, 0) is 108 Å². The molecule has 0 aliphatic rings. The minimum absolute atomic E-state index is 0.144. The maximum Gasteiger partial charge on any atom is 0.0645 e. The number of benzene rings is 8. The van der Waals surface area contributed by atoms with Crippen molar-refractivity contribution in [1.82, 2.24) is 9.13 Å². The Hall–Kier alpha value is -6.84. The molecule has 0 aliphatic heterocycles. The first-order valence-corrected chi connectivity index (χ1v) is 17.0. The second-order valence-corrected chi connectivity index (χ2v) is 12.7. The lowest BCUT2D eigenvalue weighted by atomic mass is 10.0. The summed E-state index contributed by atoms with van der Waals surface area (Å²) < 4.78 is 46.5. The van der Waals surface area contributed by atoms with Crippen LogP contribution < -0.4 is 4.90 Å². The lowest BCUT2D eigenvalue weighted by Crippen LogP contribution is -2.09. The minimum atomic E-state index is -0.404. The third-order valence-electron chi connectivity index (χ3n) is 9.78. The van der Waals surface area contributed by atoms with E-state index >= 15 is 0 Å². The number of hydrogen-bond acceptors (Lipinski definition) is 1. The molecule has 0 atom stereocenters. The average molecular weight is 657 g/mol. The Morgan fingerprint density at radius 3 is 1.31 bits per heavy atom. The van der Waals surface area contributed by atoms with Crippen molar-refractivity contribution >= 4 is 60.7 Å². The molecular weight excluding hydrogens is 619 g/mol. The fraction of sp³-hybridized carbons (Fsp3) is 0. The summed E-state index contributed by atoms with van der Waals surface area (Å²) >= 11 is 0. The van der Waals surface area contributed by atoms with E-state index in [-0.39, 0.29) is 29.9 Å². The highest BCUT2D eigenvalue weighted by atomic mass is 15.1. The Balaban J connectivity index is 1.10. The molecule has 0 unspecified atom stereocenters. The molecule has 51 heavy (non-hydrogen) atoms. The van der Waals surface area contributed by atoms with Gasteiger partial charge in [-0.25, -0.2) is 0 Å². The van der Waals surface area contributed by atoms with E-state index in [1.807, 2.05) is 42.5 Å². The summed E-state index contributed by atoms with van der Waals surface area (Å²) in [7, 11) is 0. The lowest BCUT2D eigenvalue weighted by Gasteiger charge is -2.25. The number of hydrogen-bond donors (Lipinski definition) is 0. The fourth-order valence-electron chi connectivity index (χ4n) is 7.53. The van der Waals surface area contributed by atoms with Crippen LogP contribution >= 0.6 is 0 Å². The van der Waals surface area contributed by atoms with E-state index in [1.54, 1.807) is 4.57 Å². The third-order valence-corrected chi connectivity index (χ3v) is 9.78. The summed E-state index contributed by atoms with van der Waals surface area (Å²) in [6, 6.07) is 57.1. The van der Waals surface area contributed by atoms with Gasteiger partial charge in [-0.3, -0.25) is 0 Å². The van der Waals surface area contributed by atoms with Gasteiger partial charge in [0.2, 0.25) is 0 Å². The number of nitrogens with zero attached hydrogens (tertiary/aromatic N) is 3. The molecule has 0 saturated heterocycles. The van der Waals surface area contributed by atoms with Crippen LogP contribution in [0.15, 0.2) is 200 Å². The molecule has 0 fully saturated rings. The van der Waals surface area contributed by atoms with Crippen LogP contribution in [0.4, 0.5) is 17.1 Å². The van der Waals surface area contributed by atoms with E-state index < -0.39 is 6.04 Å². The molecular formula is C48H33N3. The van der Waals surface area contributed by atoms with Gasteiger partial charge in [0.25, 0.3) is 0 Å². The van der Waals surface area contributed by atoms with Crippen LogP contribution in [0.2, 0.25) is 0 Å². The summed E-state index contributed by atoms with van der Waals surface area (Å²) in [5.74, 6) is 0. The molecule has 0 radical (unpaired) electrons. The first kappa shape index (κ1) is 24.3. The van der Waals surface area contributed by atoms with Crippen LogP contribution in [0.3, 0.4) is 0 Å². The van der Waals surface area contributed by atoms with Gasteiger partial charge in [0.15, 0.2) is 0 Å². The van der Waals surface area contributed by atoms with Crippen molar-refractivity contribution in [2.45, 2.75) is 0 Å². The van der Waals surface area contributed by atoms with Gasteiger partial charge in [-0.1, -0.05) is 103 Å². The number of aromatic nitrogens is 2. The minimum Gasteiger partial charge on any atom is -0.311 e. The van der Waals surface area contributed by atoms with Crippen LogP contribution in [-0.2, 0) is 0 Å². The number of anilines is 3. The fourth-order valence-corrected chi connectivity index (χ4v) is 7.53. The third kappa shape index (κ3) is 4.82. The maximum absolute atomic E-state index is 8.75. The predicted octanol–water partition coefficient (Wildman–Crippen LogP) is 13.0. The molecule has 10 rings (SSSR count). The van der Waals surface area contributed by atoms with Crippen molar-refractivity contribution in [2.75, 3.05) is 4.90 Å². The first-order chi connectivity index (χ1) is 27.4. The zero-order valence-corrected chi connectivity index (χ0v) is 27.5. The second kappa shape index (κ2) is 11.9. The Morgan fingerprint density at radius 2 is 0.784 bits per heavy atom. The van der Waals surface area contributed by atoms with E-state index in [0.29, 0.717) is 0 Å². The van der Waals surface area contributed by atoms with Gasteiger partial charge < -0.3 is 14.0 Å². The largest absolute Gasteiger partial charge is 0.311 e. The standard InChI is InChI=1S/C48H33N3/c1-4-14-36(15-5-1)49(37-16-6-2-7-17-37)39-26-28-40(29-27-39)51-46-23-13-11-21-42(46)44-33-35(25-31-48(44)51)34-24-30-47-43(32-34)41-20-10-12-22-45(41)50(47)38-18-8-3-9-19-38/h1-33H/i3D,8D,9D,18D,19D. The van der Waals surface area contributed by atoms with Gasteiger partial charge in [-0.15, -0.1) is 0 Å². The Labute approximate surface area is 303 Å². The first-order valence-electron chi connectivity index (χ1n) is 19.5. The molecule has 0 bridgehead atoms. The zero-order valence-electron chi connectivity index (χ0n) is 32.5. The number of fused-ring (bicyclic) bond motifs is 6. The average Bonchev–Trinajstić information content (AvgIpc) is 3.76. The van der Waals surface area contributed by atoms with E-state index in [0.717, 1.165) is 77.5 Å². The van der Waals surface area contributed by atoms with Crippen molar-refractivity contribution in [1.29, 1.82) is 0 Å². The van der Waals surface area contributed by atoms with Gasteiger partial charge >= 0.3 is 0 Å². The van der Waals surface area contributed by atoms with Crippen molar-refractivity contribution in [3.8, 4) is 22.5 Å². The van der Waals surface area contributed by atoms with E-state index in [4.69, 9.17) is 6.85 Å². The van der Waals surface area contributed by atoms with Crippen LogP contribution in [0.1, 0.15) is 6.85 Å². The molecule has 3 nitrogen and oxygen atoms in total. The highest BCUT2D eigenvalue weighted by Gasteiger charge is 2.17. The van der Waals surface area contributed by atoms with Crippen LogP contribution in [0.5, 0.6) is 0 Å².